The zero-order chi connectivity index (χ0) is 60.7. The van der Waals surface area contributed by atoms with Crippen molar-refractivity contribution in [2.75, 3.05) is 9.80 Å². The number of aromatic nitrogens is 2. The molecule has 2 aliphatic heterocycles. The van der Waals surface area contributed by atoms with Crippen LogP contribution in [0.3, 0.4) is 0 Å². The first-order chi connectivity index (χ1) is 43.9. The van der Waals surface area contributed by atoms with E-state index >= 15 is 0 Å². The van der Waals surface area contributed by atoms with E-state index < -0.39 is 0 Å². The van der Waals surface area contributed by atoms with Crippen LogP contribution in [0.1, 0.15) is 78.0 Å². The predicted octanol–water partition coefficient (Wildman–Crippen LogP) is 21.6. The highest BCUT2D eigenvalue weighted by molar-refractivity contribution is 7.25. The van der Waals surface area contributed by atoms with Crippen molar-refractivity contribution >= 4 is 132 Å². The van der Waals surface area contributed by atoms with Gasteiger partial charge in [0.2, 0.25) is 0 Å². The fourth-order valence-corrected chi connectivity index (χ4v) is 16.4. The number of hydrogen-bond donors (Lipinski definition) is 0. The molecule has 0 bridgehead atoms. The second kappa shape index (κ2) is 20.6. The predicted molar refractivity (Wildman–Crippen MR) is 389 cm³/mol. The number of benzene rings is 12. The lowest BCUT2D eigenvalue weighted by Gasteiger charge is -2.46. The maximum atomic E-state index is 2.74. The minimum Gasteiger partial charge on any atom is -0.311 e. The Morgan fingerprint density at radius 2 is 0.811 bits per heavy atom. The molecule has 0 atom stereocenters. The topological polar surface area (TPSA) is 16.3 Å². The number of nitrogens with zero attached hydrogens (tertiary/aromatic N) is 4. The van der Waals surface area contributed by atoms with Crippen LogP contribution >= 0.6 is 11.3 Å². The number of aryl methyl sites for hydroxylation is 1. The third kappa shape index (κ3) is 8.33. The van der Waals surface area contributed by atoms with Gasteiger partial charge in [-0.3, -0.25) is 0 Å². The van der Waals surface area contributed by atoms with Crippen LogP contribution in [0, 0.1) is 0 Å². The van der Waals surface area contributed by atoms with E-state index in [1.165, 1.54) is 153 Å². The minimum absolute atomic E-state index is 0.153. The van der Waals surface area contributed by atoms with Crippen LogP contribution in [0.15, 0.2) is 255 Å². The molecule has 5 heterocycles. The lowest BCUT2D eigenvalue weighted by atomic mass is 9.33. The van der Waals surface area contributed by atoms with Crippen molar-refractivity contribution in [3.8, 4) is 33.6 Å². The van der Waals surface area contributed by atoms with Crippen molar-refractivity contribution in [2.24, 2.45) is 0 Å². The van der Waals surface area contributed by atoms with E-state index in [0.717, 1.165) is 30.6 Å². The van der Waals surface area contributed by atoms with Crippen molar-refractivity contribution in [1.29, 1.82) is 0 Å². The summed E-state index contributed by atoms with van der Waals surface area (Å²) < 4.78 is 7.68. The first kappa shape index (κ1) is 54.3. The van der Waals surface area contributed by atoms with Gasteiger partial charge in [0.25, 0.3) is 6.71 Å². The first-order valence-corrected chi connectivity index (χ1v) is 33.0. The van der Waals surface area contributed by atoms with Crippen LogP contribution < -0.4 is 26.2 Å². The van der Waals surface area contributed by atoms with Gasteiger partial charge in [-0.25, -0.2) is 0 Å². The van der Waals surface area contributed by atoms with E-state index in [1.807, 2.05) is 11.3 Å². The summed E-state index contributed by atoms with van der Waals surface area (Å²) in [6.45, 7) is 16.5. The highest BCUT2D eigenvalue weighted by Crippen LogP contribution is 2.54. The normalized spacial score (nSPS) is 13.1. The zero-order valence-corrected chi connectivity index (χ0v) is 53.0. The Hall–Kier alpha value is -9.88. The maximum absolute atomic E-state index is 2.74. The lowest BCUT2D eigenvalue weighted by Crippen LogP contribution is -2.61. The molecule has 0 spiro atoms. The van der Waals surface area contributed by atoms with Crippen molar-refractivity contribution in [2.45, 2.75) is 78.6 Å². The number of para-hydroxylation sites is 4. The summed E-state index contributed by atoms with van der Waals surface area (Å²) in [5, 5.41) is 7.72. The molecule has 0 amide bonds. The number of anilines is 6. The quantitative estimate of drug-likeness (QED) is 0.134. The molecule has 3 aromatic heterocycles. The van der Waals surface area contributed by atoms with Gasteiger partial charge in [0.1, 0.15) is 0 Å². The van der Waals surface area contributed by atoms with Gasteiger partial charge in [-0.1, -0.05) is 219 Å². The van der Waals surface area contributed by atoms with Crippen molar-refractivity contribution in [3.63, 3.8) is 0 Å². The van der Waals surface area contributed by atoms with E-state index in [2.05, 4.69) is 322 Å². The largest absolute Gasteiger partial charge is 0.311 e. The third-order valence-corrected chi connectivity index (χ3v) is 20.7. The van der Waals surface area contributed by atoms with Gasteiger partial charge in [-0.15, -0.1) is 11.3 Å². The molecule has 434 valence electrons. The molecule has 0 aliphatic carbocycles. The average molecular weight is 1180 g/mol. The summed E-state index contributed by atoms with van der Waals surface area (Å²) >= 11 is 1.92. The monoisotopic (exact) mass is 1180 g/mol. The molecule has 0 unspecified atom stereocenters. The molecule has 17 rings (SSSR count). The molecule has 6 heteroatoms. The van der Waals surface area contributed by atoms with Gasteiger partial charge >= 0.3 is 0 Å². The van der Waals surface area contributed by atoms with Crippen LogP contribution in [0.4, 0.5) is 34.1 Å². The smallest absolute Gasteiger partial charge is 0.252 e. The van der Waals surface area contributed by atoms with Gasteiger partial charge in [0.05, 0.1) is 27.8 Å². The summed E-state index contributed by atoms with van der Waals surface area (Å²) in [5.74, 6) is 0. The molecule has 2 aliphatic rings. The standard InChI is InChI=1S/C84H69BN4S/c1-8-9-30-63-73(45-46-79-80(63)64-35-20-25-40-78(64)90-79)88-74-51-57(86-69-36-21-16-31-59(69)60-32-17-22-37-70(60)86)41-43-67(74)85-68-44-42-58(87-71-38-23-18-33-61(71)62-34-19-24-39-72(62)87)52-75(68)89(77-50-56(84(5,6)7)49-76(88)81(77)85)82-65(53-26-12-10-13-27-53)47-55(83(2,3)4)48-66(82)54-28-14-11-15-29-54/h10-29,31-52H,8-9,30H2,1-7H3. The molecule has 0 saturated heterocycles. The number of fused-ring (bicyclic) bond motifs is 13. The Labute approximate surface area is 531 Å². The number of unbranched alkanes of at least 4 members (excludes halogenated alkanes) is 1. The molecule has 0 N–H and O–H groups in total. The Bertz CT molecular complexity index is 5230. The van der Waals surface area contributed by atoms with Gasteiger partial charge in [-0.2, -0.15) is 0 Å². The summed E-state index contributed by atoms with van der Waals surface area (Å²) in [6, 6.07) is 97.3. The number of hydrogen-bond acceptors (Lipinski definition) is 3. The summed E-state index contributed by atoms with van der Waals surface area (Å²) in [5.41, 5.74) is 26.4. The number of rotatable bonds is 9. The van der Waals surface area contributed by atoms with Crippen molar-refractivity contribution in [1.82, 2.24) is 9.13 Å². The summed E-state index contributed by atoms with van der Waals surface area (Å²) in [4.78, 5) is 5.47. The molecule has 0 fully saturated rings. The van der Waals surface area contributed by atoms with Crippen molar-refractivity contribution < 1.29 is 0 Å². The lowest BCUT2D eigenvalue weighted by molar-refractivity contribution is 0.590. The molecular formula is C84H69BN4S. The number of thiophene rings is 1. The fourth-order valence-electron chi connectivity index (χ4n) is 15.3. The zero-order valence-electron chi connectivity index (χ0n) is 52.1. The van der Waals surface area contributed by atoms with E-state index in [0.29, 0.717) is 0 Å². The van der Waals surface area contributed by atoms with E-state index in [-0.39, 0.29) is 17.5 Å². The summed E-state index contributed by atoms with van der Waals surface area (Å²) in [7, 11) is 0. The van der Waals surface area contributed by atoms with Gasteiger partial charge in [0.15, 0.2) is 0 Å². The molecule has 0 saturated carbocycles. The maximum Gasteiger partial charge on any atom is 0.252 e. The molecule has 4 nitrogen and oxygen atoms in total. The Balaban J connectivity index is 1.05. The molecule has 90 heavy (non-hydrogen) atoms. The molecular weight excluding hydrogens is 1110 g/mol. The fraction of sp³-hybridized carbons (Fsp3) is 0.143. The minimum atomic E-state index is -0.256. The van der Waals surface area contributed by atoms with Crippen LogP contribution in [0.2, 0.25) is 0 Å². The van der Waals surface area contributed by atoms with Crippen LogP contribution in [-0.4, -0.2) is 15.8 Å². The Morgan fingerprint density at radius 1 is 0.378 bits per heavy atom. The summed E-state index contributed by atoms with van der Waals surface area (Å²) in [6.07, 6.45) is 3.12. The SMILES string of the molecule is CCCCc1c(N2c3cc(-n4c5ccccc5c5ccccc54)ccc3B3c4ccc(-n5c6ccccc6c6ccccc65)cc4N(c4c(-c5ccccc5)cc(C(C)(C)C)cc4-c4ccccc4)c4cc(C(C)(C)C)cc2c43)ccc2sc3ccccc3c12. The van der Waals surface area contributed by atoms with E-state index in [1.54, 1.807) is 0 Å². The van der Waals surface area contributed by atoms with Crippen LogP contribution in [0.5, 0.6) is 0 Å². The third-order valence-electron chi connectivity index (χ3n) is 19.6. The Kier molecular flexibility index (Phi) is 12.4. The van der Waals surface area contributed by atoms with E-state index in [4.69, 9.17) is 0 Å². The Morgan fingerprint density at radius 3 is 1.30 bits per heavy atom. The van der Waals surface area contributed by atoms with Crippen LogP contribution in [0.25, 0.3) is 97.4 Å². The average Bonchev–Trinajstić information content (AvgIpc) is 0.826. The first-order valence-electron chi connectivity index (χ1n) is 32.2. The highest BCUT2D eigenvalue weighted by atomic mass is 32.1. The molecule has 12 aromatic carbocycles. The molecule has 0 radical (unpaired) electrons. The van der Waals surface area contributed by atoms with Gasteiger partial charge in [0, 0.05) is 92.7 Å². The highest BCUT2D eigenvalue weighted by Gasteiger charge is 2.46. The van der Waals surface area contributed by atoms with Gasteiger partial charge in [-0.05, 0) is 159 Å². The van der Waals surface area contributed by atoms with Gasteiger partial charge < -0.3 is 18.9 Å². The molecule has 15 aromatic rings. The second-order valence-electron chi connectivity index (χ2n) is 27.0. The second-order valence-corrected chi connectivity index (χ2v) is 28.1. The van der Waals surface area contributed by atoms with E-state index in [9.17, 15) is 0 Å². The van der Waals surface area contributed by atoms with Crippen LogP contribution in [-0.2, 0) is 17.3 Å². The van der Waals surface area contributed by atoms with Crippen molar-refractivity contribution in [3.05, 3.63) is 271 Å².